The lowest BCUT2D eigenvalue weighted by molar-refractivity contribution is -0.158. The van der Waals surface area contributed by atoms with Crippen molar-refractivity contribution in [3.8, 4) is 5.75 Å². The normalized spacial score (nSPS) is 22.4. The summed E-state index contributed by atoms with van der Waals surface area (Å²) in [6, 6.07) is 21.1. The van der Waals surface area contributed by atoms with Crippen molar-refractivity contribution < 1.29 is 19.4 Å². The Hall–Kier alpha value is -2.53. The first-order valence-electron chi connectivity index (χ1n) is 9.57. The zero-order valence-corrected chi connectivity index (χ0v) is 18.3. The molecule has 1 fully saturated rings. The number of halogens is 3. The number of hydrogen-bond donors (Lipinski definition) is 1. The lowest BCUT2D eigenvalue weighted by atomic mass is 9.52. The van der Waals surface area contributed by atoms with Gasteiger partial charge < -0.3 is 9.84 Å². The highest BCUT2D eigenvalue weighted by molar-refractivity contribution is 6.43. The van der Waals surface area contributed by atoms with Crippen molar-refractivity contribution in [2.45, 2.75) is 11.8 Å². The number of aliphatic carboxylic acids is 1. The molecule has 0 heterocycles. The third kappa shape index (κ3) is 4.16. The van der Waals surface area contributed by atoms with Crippen molar-refractivity contribution in [1.82, 2.24) is 0 Å². The maximum atomic E-state index is 13.3. The number of carboxylic acid groups (broad SMARTS) is 1. The lowest BCUT2D eigenvalue weighted by Gasteiger charge is -2.49. The molecule has 3 aromatic carbocycles. The Balaban J connectivity index is 1.74. The van der Waals surface area contributed by atoms with Gasteiger partial charge in [-0.15, -0.1) is 0 Å². The van der Waals surface area contributed by atoms with Crippen molar-refractivity contribution in [2.75, 3.05) is 0 Å². The van der Waals surface area contributed by atoms with Crippen LogP contribution >= 0.6 is 34.8 Å². The summed E-state index contributed by atoms with van der Waals surface area (Å²) in [4.78, 5) is 25.5. The smallest absolute Gasteiger partial charge is 0.315 e. The van der Waals surface area contributed by atoms with Crippen LogP contribution in [0.2, 0.25) is 15.1 Å². The molecule has 0 aromatic heterocycles. The van der Waals surface area contributed by atoms with Gasteiger partial charge in [0.15, 0.2) is 5.75 Å². The maximum absolute atomic E-state index is 13.3. The summed E-state index contributed by atoms with van der Waals surface area (Å²) in [5.74, 6) is -4.02. The van der Waals surface area contributed by atoms with Crippen LogP contribution in [0.25, 0.3) is 0 Å². The number of carbonyl (C=O) groups is 2. The van der Waals surface area contributed by atoms with Crippen molar-refractivity contribution >= 4 is 46.7 Å². The number of carbonyl (C=O) groups excluding carboxylic acids is 1. The molecule has 0 radical (unpaired) electrons. The number of esters is 1. The molecular formula is C24H17Cl3O4. The summed E-state index contributed by atoms with van der Waals surface area (Å²) >= 11 is 18.2. The molecule has 4 rings (SSSR count). The number of carboxylic acids is 1. The standard InChI is InChI=1S/C24H17Cl3O4/c25-15-11-17(27)18(12-16(15)26)31-24(30)22-19(13-7-3-1-4-8-13)21(23(28)29)20(22)14-9-5-2-6-10-14/h1-12,19-22H,(H,28,29)/t19-,20-,21?,22?/m0/s1. The van der Waals surface area contributed by atoms with E-state index in [9.17, 15) is 14.7 Å². The highest BCUT2D eigenvalue weighted by Gasteiger charge is 2.59. The number of benzene rings is 3. The third-order valence-electron chi connectivity index (χ3n) is 5.66. The number of hydrogen-bond acceptors (Lipinski definition) is 3. The van der Waals surface area contributed by atoms with E-state index in [0.29, 0.717) is 0 Å². The van der Waals surface area contributed by atoms with E-state index >= 15 is 0 Å². The van der Waals surface area contributed by atoms with Gasteiger partial charge in [-0.1, -0.05) is 95.5 Å². The molecule has 0 amide bonds. The van der Waals surface area contributed by atoms with E-state index in [1.165, 1.54) is 12.1 Å². The predicted octanol–water partition coefficient (Wildman–Crippen LogP) is 6.45. The third-order valence-corrected chi connectivity index (χ3v) is 6.68. The second kappa shape index (κ2) is 8.91. The Kier molecular flexibility index (Phi) is 6.24. The minimum absolute atomic E-state index is 0.0819. The van der Waals surface area contributed by atoms with E-state index in [-0.39, 0.29) is 20.8 Å². The molecule has 3 aromatic rings. The summed E-state index contributed by atoms with van der Waals surface area (Å²) in [5, 5.41) is 10.6. The van der Waals surface area contributed by atoms with Gasteiger partial charge in [0.2, 0.25) is 0 Å². The molecule has 7 heteroatoms. The largest absolute Gasteiger partial charge is 0.481 e. The van der Waals surface area contributed by atoms with Gasteiger partial charge in [-0.25, -0.2) is 0 Å². The topological polar surface area (TPSA) is 63.6 Å². The SMILES string of the molecule is O=C(O)C1[C@H](c2ccccc2)C(C(=O)Oc2cc(Cl)c(Cl)cc2Cl)[C@H]1c1ccccc1. The Morgan fingerprint density at radius 3 is 1.68 bits per heavy atom. The summed E-state index contributed by atoms with van der Waals surface area (Å²) in [6.07, 6.45) is 0. The van der Waals surface area contributed by atoms with Crippen LogP contribution in [0, 0.1) is 11.8 Å². The average Bonchev–Trinajstić information content (AvgIpc) is 2.72. The van der Waals surface area contributed by atoms with Crippen LogP contribution in [0.4, 0.5) is 0 Å². The van der Waals surface area contributed by atoms with Crippen LogP contribution in [0.15, 0.2) is 72.8 Å². The fourth-order valence-corrected chi connectivity index (χ4v) is 4.86. The molecule has 1 saturated carbocycles. The molecule has 0 aliphatic heterocycles. The van der Waals surface area contributed by atoms with Crippen LogP contribution < -0.4 is 4.74 Å². The minimum Gasteiger partial charge on any atom is -0.481 e. The molecular weight excluding hydrogens is 459 g/mol. The monoisotopic (exact) mass is 474 g/mol. The quantitative estimate of drug-likeness (QED) is 0.262. The Bertz CT molecular complexity index is 1070. The van der Waals surface area contributed by atoms with Crippen molar-refractivity contribution in [3.05, 3.63) is 99.0 Å². The summed E-state index contributed by atoms with van der Waals surface area (Å²) in [7, 11) is 0. The zero-order chi connectivity index (χ0) is 22.1. The van der Waals surface area contributed by atoms with E-state index in [4.69, 9.17) is 39.5 Å². The van der Waals surface area contributed by atoms with Gasteiger partial charge in [0, 0.05) is 17.9 Å². The average molecular weight is 476 g/mol. The van der Waals surface area contributed by atoms with E-state index in [0.717, 1.165) is 11.1 Å². The highest BCUT2D eigenvalue weighted by atomic mass is 35.5. The van der Waals surface area contributed by atoms with Gasteiger partial charge in [0.05, 0.1) is 26.9 Å². The molecule has 0 spiro atoms. The van der Waals surface area contributed by atoms with Gasteiger partial charge in [-0.3, -0.25) is 9.59 Å². The molecule has 1 N–H and O–H groups in total. The second-order valence-electron chi connectivity index (χ2n) is 7.38. The zero-order valence-electron chi connectivity index (χ0n) is 16.0. The number of rotatable bonds is 5. The molecule has 0 saturated heterocycles. The van der Waals surface area contributed by atoms with Crippen LogP contribution in [-0.2, 0) is 9.59 Å². The Morgan fingerprint density at radius 2 is 1.19 bits per heavy atom. The molecule has 158 valence electrons. The lowest BCUT2D eigenvalue weighted by Crippen LogP contribution is -2.52. The van der Waals surface area contributed by atoms with Crippen LogP contribution in [0.3, 0.4) is 0 Å². The Labute approximate surface area is 194 Å². The van der Waals surface area contributed by atoms with Gasteiger partial charge in [-0.2, -0.15) is 0 Å². The Morgan fingerprint density at radius 1 is 0.710 bits per heavy atom. The van der Waals surface area contributed by atoms with E-state index in [1.807, 2.05) is 60.7 Å². The van der Waals surface area contributed by atoms with E-state index in [2.05, 4.69) is 0 Å². The minimum atomic E-state index is -0.959. The summed E-state index contributed by atoms with van der Waals surface area (Å²) < 4.78 is 5.61. The fraction of sp³-hybridized carbons (Fsp3) is 0.167. The first-order valence-corrected chi connectivity index (χ1v) is 10.7. The van der Waals surface area contributed by atoms with Gasteiger partial charge in [0.25, 0.3) is 0 Å². The molecule has 1 aliphatic carbocycles. The summed E-state index contributed by atoms with van der Waals surface area (Å²) in [5.41, 5.74) is 1.54. The fourth-order valence-electron chi connectivity index (χ4n) is 4.29. The summed E-state index contributed by atoms with van der Waals surface area (Å²) in [6.45, 7) is 0. The molecule has 0 bridgehead atoms. The van der Waals surface area contributed by atoms with Crippen LogP contribution in [0.1, 0.15) is 23.0 Å². The number of ether oxygens (including phenoxy) is 1. The van der Waals surface area contributed by atoms with Crippen molar-refractivity contribution in [3.63, 3.8) is 0 Å². The van der Waals surface area contributed by atoms with E-state index < -0.39 is 35.6 Å². The second-order valence-corrected chi connectivity index (χ2v) is 8.60. The van der Waals surface area contributed by atoms with Crippen molar-refractivity contribution in [2.24, 2.45) is 11.8 Å². The van der Waals surface area contributed by atoms with Crippen LogP contribution in [-0.4, -0.2) is 17.0 Å². The van der Waals surface area contributed by atoms with Gasteiger partial charge in [-0.05, 0) is 17.2 Å². The van der Waals surface area contributed by atoms with Crippen molar-refractivity contribution in [1.29, 1.82) is 0 Å². The molecule has 0 unspecified atom stereocenters. The predicted molar refractivity (Wildman–Crippen MR) is 120 cm³/mol. The van der Waals surface area contributed by atoms with Crippen LogP contribution in [0.5, 0.6) is 5.75 Å². The van der Waals surface area contributed by atoms with Gasteiger partial charge >= 0.3 is 11.9 Å². The molecule has 1 aliphatic rings. The van der Waals surface area contributed by atoms with Gasteiger partial charge in [0.1, 0.15) is 0 Å². The molecule has 4 nitrogen and oxygen atoms in total. The first-order chi connectivity index (χ1) is 14.9. The van der Waals surface area contributed by atoms with E-state index in [1.54, 1.807) is 0 Å². The highest BCUT2D eigenvalue weighted by Crippen LogP contribution is 2.58. The molecule has 2 atom stereocenters. The molecule has 31 heavy (non-hydrogen) atoms. The first kappa shape index (κ1) is 21.7. The maximum Gasteiger partial charge on any atom is 0.315 e.